The monoisotopic (exact) mass is 739 g/mol. The smallest absolute Gasteiger partial charge is 0.258 e. The molecular formula is C42H53N5O7. The first kappa shape index (κ1) is 40.0. The maximum absolute atomic E-state index is 14.2. The van der Waals surface area contributed by atoms with E-state index in [1.54, 1.807) is 0 Å². The summed E-state index contributed by atoms with van der Waals surface area (Å²) in [6, 6.07) is 19.1. The molecule has 4 amide bonds. The Hall–Kier alpha value is -5.20. The zero-order chi connectivity index (χ0) is 38.9. The number of ether oxygens (including phenoxy) is 1. The standard InChI is InChI=1S/C42H53N5O7/c1-25(2)37(46-41(52)34(44-28(5)48)22-30-23-43-32-18-10-9-17-31(30)32)42(53)47-20-12-19-35(47)39(51)38(50)33(21-29-15-7-6-8-16-29)45-36(49)24-54-40-26(3)13-11-14-27(40)4/h6-11,13-18,23,25,33-35,37-39,43,50-51H,12,19-22,24H2,1-5H3,(H,44,48)(H,45,49)(H,46,52)/t33-,34?,35-,37?,38-,39-/m0/s1. The van der Waals surface area contributed by atoms with Crippen LogP contribution in [0.1, 0.15) is 55.9 Å². The Bertz CT molecular complexity index is 1890. The number of aryl methyl sites for hydroxylation is 2. The topological polar surface area (TPSA) is 173 Å². The van der Waals surface area contributed by atoms with E-state index in [0.29, 0.717) is 25.1 Å². The molecular weight excluding hydrogens is 686 g/mol. The highest BCUT2D eigenvalue weighted by Crippen LogP contribution is 2.27. The minimum atomic E-state index is -1.44. The van der Waals surface area contributed by atoms with Gasteiger partial charge in [0.25, 0.3) is 5.91 Å². The number of nitrogens with one attached hydrogen (secondary N) is 4. The molecule has 0 aliphatic carbocycles. The molecule has 0 bridgehead atoms. The van der Waals surface area contributed by atoms with Crippen molar-refractivity contribution in [1.29, 1.82) is 0 Å². The fraction of sp³-hybridized carbons (Fsp3) is 0.429. The summed E-state index contributed by atoms with van der Waals surface area (Å²) in [6.45, 7) is 8.80. The number of fused-ring (bicyclic) bond motifs is 1. The van der Waals surface area contributed by atoms with Crippen molar-refractivity contribution in [2.75, 3.05) is 13.2 Å². The van der Waals surface area contributed by atoms with E-state index in [4.69, 9.17) is 4.74 Å². The highest BCUT2D eigenvalue weighted by molar-refractivity contribution is 5.93. The normalized spacial score (nSPS) is 17.0. The molecule has 1 aromatic heterocycles. The van der Waals surface area contributed by atoms with Gasteiger partial charge in [0.15, 0.2) is 6.61 Å². The number of aliphatic hydroxyl groups excluding tert-OH is 2. The van der Waals surface area contributed by atoms with Crippen molar-refractivity contribution >= 4 is 34.5 Å². The van der Waals surface area contributed by atoms with Crippen LogP contribution in [0.3, 0.4) is 0 Å². The van der Waals surface area contributed by atoms with Gasteiger partial charge >= 0.3 is 0 Å². The first-order chi connectivity index (χ1) is 25.8. The molecule has 54 heavy (non-hydrogen) atoms. The van der Waals surface area contributed by atoms with Crippen LogP contribution in [-0.2, 0) is 32.0 Å². The molecule has 3 aromatic carbocycles. The van der Waals surface area contributed by atoms with Crippen LogP contribution in [0, 0.1) is 19.8 Å². The number of likely N-dealkylation sites (tertiary alicyclic amines) is 1. The molecule has 288 valence electrons. The number of hydrogen-bond donors (Lipinski definition) is 6. The number of para-hydroxylation sites is 2. The Morgan fingerprint density at radius 1 is 0.889 bits per heavy atom. The Kier molecular flexibility index (Phi) is 13.5. The predicted molar refractivity (Wildman–Crippen MR) is 207 cm³/mol. The largest absolute Gasteiger partial charge is 0.483 e. The average Bonchev–Trinajstić information content (AvgIpc) is 3.80. The van der Waals surface area contributed by atoms with Gasteiger partial charge in [-0.25, -0.2) is 0 Å². The number of amides is 4. The SMILES string of the molecule is CC(=O)NC(Cc1c[nH]c2ccccc12)C(=O)NC(C(=O)N1CCC[C@H]1[C@H](O)[C@@H](O)[C@H](Cc1ccccc1)NC(=O)COc1c(C)cccc1C)C(C)C. The van der Waals surface area contributed by atoms with Crippen LogP contribution in [0.25, 0.3) is 10.9 Å². The fourth-order valence-corrected chi connectivity index (χ4v) is 7.35. The fourth-order valence-electron chi connectivity index (χ4n) is 7.35. The minimum Gasteiger partial charge on any atom is -0.483 e. The summed E-state index contributed by atoms with van der Waals surface area (Å²) in [6.07, 6.45) is 0.372. The molecule has 6 atom stereocenters. The van der Waals surface area contributed by atoms with Crippen LogP contribution >= 0.6 is 0 Å². The predicted octanol–water partition coefficient (Wildman–Crippen LogP) is 3.49. The molecule has 1 aliphatic rings. The van der Waals surface area contributed by atoms with Crippen LogP contribution < -0.4 is 20.7 Å². The zero-order valence-electron chi connectivity index (χ0n) is 31.7. The average molecular weight is 740 g/mol. The summed E-state index contributed by atoms with van der Waals surface area (Å²) < 4.78 is 5.87. The third-order valence-corrected chi connectivity index (χ3v) is 10.2. The van der Waals surface area contributed by atoms with Crippen molar-refractivity contribution in [3.8, 4) is 5.75 Å². The maximum atomic E-state index is 14.2. The number of aromatic nitrogens is 1. The highest BCUT2D eigenvalue weighted by Gasteiger charge is 2.43. The van der Waals surface area contributed by atoms with E-state index >= 15 is 0 Å². The molecule has 12 heteroatoms. The molecule has 1 fully saturated rings. The third kappa shape index (κ3) is 9.86. The van der Waals surface area contributed by atoms with Gasteiger partial charge in [0, 0.05) is 37.0 Å². The molecule has 0 saturated carbocycles. The maximum Gasteiger partial charge on any atom is 0.258 e. The van der Waals surface area contributed by atoms with Crippen molar-refractivity contribution in [2.45, 2.75) is 96.7 Å². The first-order valence-corrected chi connectivity index (χ1v) is 18.6. The van der Waals surface area contributed by atoms with E-state index in [-0.39, 0.29) is 31.3 Å². The van der Waals surface area contributed by atoms with Crippen LogP contribution in [-0.4, -0.2) is 93.3 Å². The number of aromatic amines is 1. The molecule has 12 nitrogen and oxygen atoms in total. The molecule has 0 spiro atoms. The van der Waals surface area contributed by atoms with Gasteiger partial charge in [-0.2, -0.15) is 0 Å². The van der Waals surface area contributed by atoms with Gasteiger partial charge in [-0.15, -0.1) is 0 Å². The van der Waals surface area contributed by atoms with Gasteiger partial charge in [0.2, 0.25) is 17.7 Å². The quantitative estimate of drug-likeness (QED) is 0.102. The number of hydrogen-bond acceptors (Lipinski definition) is 7. The molecule has 0 radical (unpaired) electrons. The van der Waals surface area contributed by atoms with Crippen LogP contribution in [0.15, 0.2) is 79.0 Å². The summed E-state index contributed by atoms with van der Waals surface area (Å²) in [7, 11) is 0. The van der Waals surface area contributed by atoms with E-state index in [1.807, 2.05) is 107 Å². The Labute approximate surface area is 316 Å². The second-order valence-corrected chi connectivity index (χ2v) is 14.6. The van der Waals surface area contributed by atoms with E-state index in [1.165, 1.54) is 11.8 Å². The van der Waals surface area contributed by atoms with E-state index in [9.17, 15) is 29.4 Å². The lowest BCUT2D eigenvalue weighted by atomic mass is 9.92. The van der Waals surface area contributed by atoms with Gasteiger partial charge in [0.05, 0.1) is 12.1 Å². The second kappa shape index (κ2) is 18.2. The molecule has 2 heterocycles. The third-order valence-electron chi connectivity index (χ3n) is 10.2. The van der Waals surface area contributed by atoms with Crippen molar-refractivity contribution < 1.29 is 34.1 Å². The van der Waals surface area contributed by atoms with Crippen LogP contribution in [0.2, 0.25) is 0 Å². The van der Waals surface area contributed by atoms with E-state index in [0.717, 1.165) is 33.2 Å². The summed E-state index contributed by atoms with van der Waals surface area (Å²) >= 11 is 0. The number of H-pyrrole nitrogens is 1. The Balaban J connectivity index is 1.30. The lowest BCUT2D eigenvalue weighted by Gasteiger charge is -2.37. The van der Waals surface area contributed by atoms with E-state index in [2.05, 4.69) is 20.9 Å². The zero-order valence-corrected chi connectivity index (χ0v) is 31.7. The second-order valence-electron chi connectivity index (χ2n) is 14.6. The Morgan fingerprint density at radius 3 is 2.26 bits per heavy atom. The van der Waals surface area contributed by atoms with Crippen molar-refractivity contribution in [3.05, 3.63) is 101 Å². The molecule has 4 aromatic rings. The lowest BCUT2D eigenvalue weighted by Crippen LogP contribution is -2.60. The van der Waals surface area contributed by atoms with Gasteiger partial charge in [-0.3, -0.25) is 19.2 Å². The van der Waals surface area contributed by atoms with Gasteiger partial charge in [-0.1, -0.05) is 80.6 Å². The van der Waals surface area contributed by atoms with Gasteiger partial charge in [-0.05, 0) is 67.3 Å². The van der Waals surface area contributed by atoms with Crippen LogP contribution in [0.5, 0.6) is 5.75 Å². The highest BCUT2D eigenvalue weighted by atomic mass is 16.5. The number of aliphatic hydroxyl groups is 2. The van der Waals surface area contributed by atoms with Crippen LogP contribution in [0.4, 0.5) is 0 Å². The van der Waals surface area contributed by atoms with E-state index < -0.39 is 54.1 Å². The number of carbonyl (C=O) groups is 4. The van der Waals surface area contributed by atoms with Gasteiger partial charge in [0.1, 0.15) is 30.0 Å². The summed E-state index contributed by atoms with van der Waals surface area (Å²) in [4.78, 5) is 58.2. The summed E-state index contributed by atoms with van der Waals surface area (Å²) in [5.74, 6) is -1.47. The molecule has 2 unspecified atom stereocenters. The van der Waals surface area contributed by atoms with Gasteiger partial charge < -0.3 is 40.8 Å². The lowest BCUT2D eigenvalue weighted by molar-refractivity contribution is -0.143. The summed E-state index contributed by atoms with van der Waals surface area (Å²) in [5, 5.41) is 32.9. The van der Waals surface area contributed by atoms with Crippen molar-refractivity contribution in [3.63, 3.8) is 0 Å². The van der Waals surface area contributed by atoms with Crippen molar-refractivity contribution in [2.24, 2.45) is 5.92 Å². The number of rotatable bonds is 16. The molecule has 1 aliphatic heterocycles. The summed E-state index contributed by atoms with van der Waals surface area (Å²) in [5.41, 5.74) is 4.37. The minimum absolute atomic E-state index is 0.204. The number of carbonyl (C=O) groups excluding carboxylic acids is 4. The first-order valence-electron chi connectivity index (χ1n) is 18.6. The molecule has 1 saturated heterocycles. The molecule has 6 N–H and O–H groups in total. The number of nitrogens with zero attached hydrogens (tertiary/aromatic N) is 1. The molecule has 5 rings (SSSR count). The Morgan fingerprint density at radius 2 is 1.57 bits per heavy atom. The van der Waals surface area contributed by atoms with Crippen molar-refractivity contribution in [1.82, 2.24) is 25.8 Å². The number of benzene rings is 3.